The topological polar surface area (TPSA) is 43.4 Å². The van der Waals surface area contributed by atoms with Crippen LogP contribution in [0.2, 0.25) is 0 Å². The summed E-state index contributed by atoms with van der Waals surface area (Å²) in [6.07, 6.45) is 4.36. The molecule has 0 N–H and O–H groups in total. The van der Waals surface area contributed by atoms with Gasteiger partial charge in [-0.15, -0.1) is 0 Å². The number of rotatable bonds is 2. The minimum atomic E-state index is -0.0946. The normalized spacial score (nSPS) is 40.3. The maximum Gasteiger partial charge on any atom is 0.306 e. The molecule has 3 nitrogen and oxygen atoms in total. The first-order chi connectivity index (χ1) is 5.81. The number of hydrogen-bond acceptors (Lipinski definition) is 3. The second-order valence-corrected chi connectivity index (χ2v) is 3.62. The SMILES string of the molecule is O=C[C@@H]1C[C@H]1[C@H]1CCCC(=O)O1. The zero-order chi connectivity index (χ0) is 8.55. The van der Waals surface area contributed by atoms with Crippen molar-refractivity contribution in [2.75, 3.05) is 0 Å². The fourth-order valence-electron chi connectivity index (χ4n) is 1.86. The summed E-state index contributed by atoms with van der Waals surface area (Å²) in [7, 11) is 0. The molecule has 0 amide bonds. The lowest BCUT2D eigenvalue weighted by molar-refractivity contribution is -0.155. The Balaban J connectivity index is 1.88. The molecule has 0 aromatic heterocycles. The van der Waals surface area contributed by atoms with Gasteiger partial charge in [-0.1, -0.05) is 0 Å². The van der Waals surface area contributed by atoms with E-state index >= 15 is 0 Å². The second kappa shape index (κ2) is 2.88. The standard InChI is InChI=1S/C9H12O3/c10-5-6-4-7(6)8-2-1-3-9(11)12-8/h5-8H,1-4H2/t6-,7+,8+/m0/s1. The van der Waals surface area contributed by atoms with Gasteiger partial charge in [-0.25, -0.2) is 0 Å². The Hall–Kier alpha value is -0.860. The molecule has 66 valence electrons. The van der Waals surface area contributed by atoms with Crippen LogP contribution in [0.1, 0.15) is 25.7 Å². The highest BCUT2D eigenvalue weighted by atomic mass is 16.5. The molecule has 0 unspecified atom stereocenters. The smallest absolute Gasteiger partial charge is 0.306 e. The molecule has 0 radical (unpaired) electrons. The molecule has 0 aromatic carbocycles. The van der Waals surface area contributed by atoms with Crippen molar-refractivity contribution in [3.63, 3.8) is 0 Å². The van der Waals surface area contributed by atoms with Crippen LogP contribution in [0.25, 0.3) is 0 Å². The van der Waals surface area contributed by atoms with Gasteiger partial charge < -0.3 is 9.53 Å². The molecule has 2 aliphatic rings. The summed E-state index contributed by atoms with van der Waals surface area (Å²) in [5.74, 6) is 0.412. The van der Waals surface area contributed by atoms with Crippen LogP contribution in [0.3, 0.4) is 0 Å². The highest BCUT2D eigenvalue weighted by Crippen LogP contribution is 2.43. The number of carbonyl (C=O) groups is 2. The molecule has 1 saturated carbocycles. The monoisotopic (exact) mass is 168 g/mol. The largest absolute Gasteiger partial charge is 0.462 e. The fraction of sp³-hybridized carbons (Fsp3) is 0.778. The fourth-order valence-corrected chi connectivity index (χ4v) is 1.86. The van der Waals surface area contributed by atoms with Crippen molar-refractivity contribution in [1.29, 1.82) is 0 Å². The van der Waals surface area contributed by atoms with Crippen molar-refractivity contribution < 1.29 is 14.3 Å². The Morgan fingerprint density at radius 3 is 2.92 bits per heavy atom. The molecule has 2 fully saturated rings. The van der Waals surface area contributed by atoms with Crippen LogP contribution >= 0.6 is 0 Å². The lowest BCUT2D eigenvalue weighted by atomic mass is 10.0. The van der Waals surface area contributed by atoms with E-state index in [9.17, 15) is 9.59 Å². The summed E-state index contributed by atoms with van der Waals surface area (Å²) in [5.41, 5.74) is 0. The van der Waals surface area contributed by atoms with E-state index in [0.29, 0.717) is 12.3 Å². The first-order valence-electron chi connectivity index (χ1n) is 4.46. The van der Waals surface area contributed by atoms with Crippen LogP contribution in [0, 0.1) is 11.8 Å². The Morgan fingerprint density at radius 1 is 1.50 bits per heavy atom. The Kier molecular flexibility index (Phi) is 1.87. The van der Waals surface area contributed by atoms with Crippen molar-refractivity contribution in [3.8, 4) is 0 Å². The summed E-state index contributed by atoms with van der Waals surface area (Å²) < 4.78 is 5.14. The lowest BCUT2D eigenvalue weighted by Gasteiger charge is -2.21. The zero-order valence-corrected chi connectivity index (χ0v) is 6.86. The molecule has 2 rings (SSSR count). The van der Waals surface area contributed by atoms with E-state index in [2.05, 4.69) is 0 Å². The molecular weight excluding hydrogens is 156 g/mol. The molecule has 1 aliphatic carbocycles. The van der Waals surface area contributed by atoms with Gasteiger partial charge in [0.15, 0.2) is 0 Å². The molecule has 1 heterocycles. The van der Waals surface area contributed by atoms with Crippen molar-refractivity contribution in [1.82, 2.24) is 0 Å². The van der Waals surface area contributed by atoms with Crippen molar-refractivity contribution >= 4 is 12.3 Å². The molecule has 0 aromatic rings. The summed E-state index contributed by atoms with van der Waals surface area (Å²) >= 11 is 0. The van der Waals surface area contributed by atoms with Crippen molar-refractivity contribution in [3.05, 3.63) is 0 Å². The average Bonchev–Trinajstić information content (AvgIpc) is 2.83. The molecule has 0 bridgehead atoms. The maximum atomic E-state index is 10.9. The molecule has 3 heteroatoms. The molecule has 1 aliphatic heterocycles. The molecule has 12 heavy (non-hydrogen) atoms. The van der Waals surface area contributed by atoms with Gasteiger partial charge in [0.25, 0.3) is 0 Å². The van der Waals surface area contributed by atoms with Gasteiger partial charge in [0, 0.05) is 18.3 Å². The van der Waals surface area contributed by atoms with Gasteiger partial charge >= 0.3 is 5.97 Å². The van der Waals surface area contributed by atoms with E-state index in [1.807, 2.05) is 0 Å². The van der Waals surface area contributed by atoms with Gasteiger partial charge in [-0.3, -0.25) is 4.79 Å². The Labute approximate surface area is 71.1 Å². The Morgan fingerprint density at radius 2 is 2.33 bits per heavy atom. The van der Waals surface area contributed by atoms with E-state index in [4.69, 9.17) is 4.74 Å². The zero-order valence-electron chi connectivity index (χ0n) is 6.86. The number of carbonyl (C=O) groups excluding carboxylic acids is 2. The van der Waals surface area contributed by atoms with Crippen LogP contribution in [0.15, 0.2) is 0 Å². The number of ether oxygens (including phenoxy) is 1. The van der Waals surface area contributed by atoms with Gasteiger partial charge in [0.05, 0.1) is 0 Å². The molecular formula is C9H12O3. The van der Waals surface area contributed by atoms with Crippen LogP contribution in [-0.4, -0.2) is 18.4 Å². The molecule has 1 saturated heterocycles. The van der Waals surface area contributed by atoms with Crippen LogP contribution in [-0.2, 0) is 14.3 Å². The predicted octanol–water partition coefficient (Wildman–Crippen LogP) is 0.917. The first-order valence-corrected chi connectivity index (χ1v) is 4.46. The predicted molar refractivity (Wildman–Crippen MR) is 41.4 cm³/mol. The van der Waals surface area contributed by atoms with Gasteiger partial charge in [-0.2, -0.15) is 0 Å². The quantitative estimate of drug-likeness (QED) is 0.455. The third-order valence-corrected chi connectivity index (χ3v) is 2.70. The van der Waals surface area contributed by atoms with E-state index in [1.165, 1.54) is 0 Å². The average molecular weight is 168 g/mol. The van der Waals surface area contributed by atoms with Gasteiger partial charge in [-0.05, 0) is 19.3 Å². The van der Waals surface area contributed by atoms with E-state index in [-0.39, 0.29) is 18.0 Å². The van der Waals surface area contributed by atoms with Crippen molar-refractivity contribution in [2.24, 2.45) is 11.8 Å². The van der Waals surface area contributed by atoms with E-state index in [1.54, 1.807) is 0 Å². The third-order valence-electron chi connectivity index (χ3n) is 2.70. The highest BCUT2D eigenvalue weighted by molar-refractivity contribution is 5.70. The number of esters is 1. The van der Waals surface area contributed by atoms with E-state index < -0.39 is 0 Å². The van der Waals surface area contributed by atoms with E-state index in [0.717, 1.165) is 25.5 Å². The number of cyclic esters (lactones) is 1. The highest BCUT2D eigenvalue weighted by Gasteiger charge is 2.45. The maximum absolute atomic E-state index is 10.9. The lowest BCUT2D eigenvalue weighted by Crippen LogP contribution is -2.25. The Bertz CT molecular complexity index is 212. The van der Waals surface area contributed by atoms with Crippen LogP contribution in [0.4, 0.5) is 0 Å². The number of aldehydes is 1. The van der Waals surface area contributed by atoms with Crippen LogP contribution < -0.4 is 0 Å². The van der Waals surface area contributed by atoms with Crippen LogP contribution in [0.5, 0.6) is 0 Å². The summed E-state index contributed by atoms with van der Waals surface area (Å²) in [6, 6.07) is 0. The summed E-state index contributed by atoms with van der Waals surface area (Å²) in [4.78, 5) is 21.3. The van der Waals surface area contributed by atoms with Gasteiger partial charge in [0.2, 0.25) is 0 Å². The minimum Gasteiger partial charge on any atom is -0.462 e. The minimum absolute atomic E-state index is 0.0430. The van der Waals surface area contributed by atoms with Gasteiger partial charge in [0.1, 0.15) is 12.4 Å². The first kappa shape index (κ1) is 7.77. The summed E-state index contributed by atoms with van der Waals surface area (Å²) in [6.45, 7) is 0. The second-order valence-electron chi connectivity index (χ2n) is 3.62. The number of hydrogen-bond donors (Lipinski definition) is 0. The van der Waals surface area contributed by atoms with Crippen molar-refractivity contribution in [2.45, 2.75) is 31.8 Å². The molecule has 3 atom stereocenters. The third kappa shape index (κ3) is 1.36. The summed E-state index contributed by atoms with van der Waals surface area (Å²) in [5, 5.41) is 0. The molecule has 0 spiro atoms.